The summed E-state index contributed by atoms with van der Waals surface area (Å²) in [5, 5.41) is 2.71. The highest BCUT2D eigenvalue weighted by Gasteiger charge is 2.05. The lowest BCUT2D eigenvalue weighted by Crippen LogP contribution is -2.11. The van der Waals surface area contributed by atoms with Crippen LogP contribution in [0.1, 0.15) is 29.3 Å². The van der Waals surface area contributed by atoms with Gasteiger partial charge in [0.2, 0.25) is 11.8 Å². The molecule has 0 aliphatic rings. The molecule has 0 saturated carbocycles. The summed E-state index contributed by atoms with van der Waals surface area (Å²) >= 11 is 0. The van der Waals surface area contributed by atoms with E-state index in [2.05, 4.69) is 5.32 Å². The molecule has 0 saturated heterocycles. The number of methoxy groups -OCH3 is 1. The second kappa shape index (κ2) is 9.27. The molecule has 2 amide bonds. The molecule has 0 bridgehead atoms. The van der Waals surface area contributed by atoms with E-state index in [1.165, 1.54) is 6.08 Å². The molecule has 26 heavy (non-hydrogen) atoms. The van der Waals surface area contributed by atoms with Gasteiger partial charge in [-0.15, -0.1) is 0 Å². The first-order valence-corrected chi connectivity index (χ1v) is 8.23. The van der Waals surface area contributed by atoms with Gasteiger partial charge in [-0.25, -0.2) is 0 Å². The Morgan fingerprint density at radius 3 is 2.46 bits per heavy atom. The van der Waals surface area contributed by atoms with Gasteiger partial charge in [-0.2, -0.15) is 0 Å². The van der Waals surface area contributed by atoms with E-state index in [1.54, 1.807) is 43.5 Å². The standard InChI is InChI=1S/C20H22N2O4/c1-3-12-26-17-10-4-14(13-18(17)25-2)5-11-19(23)22-16-8-6-15(7-9-16)20(21)24/h4-11,13H,3,12H2,1-2H3,(H2,21,24)(H,22,23). The molecular formula is C20H22N2O4. The zero-order valence-electron chi connectivity index (χ0n) is 14.8. The number of anilines is 1. The third kappa shape index (κ3) is 5.37. The van der Waals surface area contributed by atoms with Gasteiger partial charge in [0.15, 0.2) is 11.5 Å². The first-order chi connectivity index (χ1) is 12.5. The number of carbonyl (C=O) groups excluding carboxylic acids is 2. The van der Waals surface area contributed by atoms with Gasteiger partial charge in [-0.3, -0.25) is 9.59 Å². The predicted octanol–water partition coefficient (Wildman–Crippen LogP) is 3.23. The Kier molecular flexibility index (Phi) is 6.79. The summed E-state index contributed by atoms with van der Waals surface area (Å²) in [4.78, 5) is 23.1. The van der Waals surface area contributed by atoms with Crippen molar-refractivity contribution in [3.05, 3.63) is 59.7 Å². The minimum absolute atomic E-state index is 0.290. The summed E-state index contributed by atoms with van der Waals surface area (Å²) in [6, 6.07) is 11.8. The van der Waals surface area contributed by atoms with Gasteiger partial charge < -0.3 is 20.5 Å². The Morgan fingerprint density at radius 1 is 1.12 bits per heavy atom. The van der Waals surface area contributed by atoms with E-state index in [0.29, 0.717) is 29.4 Å². The molecule has 2 aromatic carbocycles. The molecule has 0 heterocycles. The van der Waals surface area contributed by atoms with Gasteiger partial charge in [-0.05, 0) is 54.5 Å². The average molecular weight is 354 g/mol. The van der Waals surface area contributed by atoms with Crippen LogP contribution < -0.4 is 20.5 Å². The van der Waals surface area contributed by atoms with Gasteiger partial charge in [0.05, 0.1) is 13.7 Å². The van der Waals surface area contributed by atoms with Crippen LogP contribution in [-0.4, -0.2) is 25.5 Å². The van der Waals surface area contributed by atoms with Gasteiger partial charge in [0.25, 0.3) is 0 Å². The molecule has 2 aromatic rings. The van der Waals surface area contributed by atoms with Crippen molar-refractivity contribution in [1.82, 2.24) is 0 Å². The lowest BCUT2D eigenvalue weighted by molar-refractivity contribution is -0.111. The molecule has 0 spiro atoms. The maximum Gasteiger partial charge on any atom is 0.248 e. The highest BCUT2D eigenvalue weighted by atomic mass is 16.5. The van der Waals surface area contributed by atoms with Crippen molar-refractivity contribution in [2.24, 2.45) is 5.73 Å². The van der Waals surface area contributed by atoms with Crippen molar-refractivity contribution < 1.29 is 19.1 Å². The predicted molar refractivity (Wildman–Crippen MR) is 101 cm³/mol. The minimum Gasteiger partial charge on any atom is -0.493 e. The molecule has 6 nitrogen and oxygen atoms in total. The van der Waals surface area contributed by atoms with Crippen LogP contribution in [0, 0.1) is 0 Å². The quantitative estimate of drug-likeness (QED) is 0.712. The Morgan fingerprint density at radius 2 is 1.85 bits per heavy atom. The summed E-state index contributed by atoms with van der Waals surface area (Å²) in [5.74, 6) is 0.485. The molecule has 0 fully saturated rings. The molecule has 0 radical (unpaired) electrons. The van der Waals surface area contributed by atoms with E-state index >= 15 is 0 Å². The largest absolute Gasteiger partial charge is 0.493 e. The van der Waals surface area contributed by atoms with Crippen molar-refractivity contribution in [3.8, 4) is 11.5 Å². The Balaban J connectivity index is 2.01. The maximum absolute atomic E-state index is 12.0. The topological polar surface area (TPSA) is 90.6 Å². The zero-order chi connectivity index (χ0) is 18.9. The lowest BCUT2D eigenvalue weighted by Gasteiger charge is -2.10. The summed E-state index contributed by atoms with van der Waals surface area (Å²) in [5.41, 5.74) is 6.95. The van der Waals surface area contributed by atoms with E-state index in [9.17, 15) is 9.59 Å². The second-order valence-corrected chi connectivity index (χ2v) is 5.52. The summed E-state index contributed by atoms with van der Waals surface area (Å²) in [6.45, 7) is 2.64. The van der Waals surface area contributed by atoms with Crippen LogP contribution in [0.3, 0.4) is 0 Å². The number of rotatable bonds is 8. The average Bonchev–Trinajstić information content (AvgIpc) is 2.65. The van der Waals surface area contributed by atoms with E-state index in [0.717, 1.165) is 12.0 Å². The Bertz CT molecular complexity index is 798. The highest BCUT2D eigenvalue weighted by molar-refractivity contribution is 6.02. The number of benzene rings is 2. The molecule has 136 valence electrons. The SMILES string of the molecule is CCCOc1ccc(C=CC(=O)Nc2ccc(C(N)=O)cc2)cc1OC. The van der Waals surface area contributed by atoms with Crippen LogP contribution in [-0.2, 0) is 4.79 Å². The third-order valence-corrected chi connectivity index (χ3v) is 3.51. The van der Waals surface area contributed by atoms with E-state index < -0.39 is 5.91 Å². The van der Waals surface area contributed by atoms with Gasteiger partial charge in [0.1, 0.15) is 0 Å². The number of primary amides is 1. The fraction of sp³-hybridized carbons (Fsp3) is 0.200. The molecule has 0 unspecified atom stereocenters. The van der Waals surface area contributed by atoms with Crippen LogP contribution in [0.15, 0.2) is 48.5 Å². The van der Waals surface area contributed by atoms with E-state index in [1.807, 2.05) is 19.1 Å². The monoisotopic (exact) mass is 354 g/mol. The van der Waals surface area contributed by atoms with Crippen LogP contribution in [0.5, 0.6) is 11.5 Å². The van der Waals surface area contributed by atoms with Crippen LogP contribution in [0.25, 0.3) is 6.08 Å². The highest BCUT2D eigenvalue weighted by Crippen LogP contribution is 2.28. The number of nitrogens with one attached hydrogen (secondary N) is 1. The lowest BCUT2D eigenvalue weighted by atomic mass is 10.1. The normalized spacial score (nSPS) is 10.5. The van der Waals surface area contributed by atoms with Crippen LogP contribution in [0.4, 0.5) is 5.69 Å². The second-order valence-electron chi connectivity index (χ2n) is 5.52. The van der Waals surface area contributed by atoms with Crippen LogP contribution in [0.2, 0.25) is 0 Å². The van der Waals surface area contributed by atoms with Crippen molar-refractivity contribution >= 4 is 23.6 Å². The van der Waals surface area contributed by atoms with Gasteiger partial charge in [-0.1, -0.05) is 13.0 Å². The smallest absolute Gasteiger partial charge is 0.248 e. The Labute approximate surface area is 152 Å². The fourth-order valence-electron chi connectivity index (χ4n) is 2.19. The fourth-order valence-corrected chi connectivity index (χ4v) is 2.19. The summed E-state index contributed by atoms with van der Waals surface area (Å²) in [6.07, 6.45) is 4.01. The number of ether oxygens (including phenoxy) is 2. The number of hydrogen-bond donors (Lipinski definition) is 2. The molecule has 0 aromatic heterocycles. The van der Waals surface area contributed by atoms with Crippen LogP contribution >= 0.6 is 0 Å². The van der Waals surface area contributed by atoms with Gasteiger partial charge in [0, 0.05) is 17.3 Å². The molecular weight excluding hydrogens is 332 g/mol. The van der Waals surface area contributed by atoms with Crippen molar-refractivity contribution in [2.45, 2.75) is 13.3 Å². The molecule has 0 atom stereocenters. The first kappa shape index (κ1) is 19.1. The van der Waals surface area contributed by atoms with Crippen molar-refractivity contribution in [2.75, 3.05) is 19.0 Å². The molecule has 0 aliphatic heterocycles. The molecule has 6 heteroatoms. The molecule has 0 aliphatic carbocycles. The summed E-state index contributed by atoms with van der Waals surface area (Å²) in [7, 11) is 1.57. The Hall–Kier alpha value is -3.28. The zero-order valence-corrected chi connectivity index (χ0v) is 14.8. The maximum atomic E-state index is 12.0. The number of amides is 2. The number of carbonyl (C=O) groups is 2. The van der Waals surface area contributed by atoms with Gasteiger partial charge >= 0.3 is 0 Å². The summed E-state index contributed by atoms with van der Waals surface area (Å²) < 4.78 is 10.9. The number of hydrogen-bond acceptors (Lipinski definition) is 4. The third-order valence-electron chi connectivity index (χ3n) is 3.51. The van der Waals surface area contributed by atoms with Crippen molar-refractivity contribution in [3.63, 3.8) is 0 Å². The number of nitrogens with two attached hydrogens (primary N) is 1. The minimum atomic E-state index is -0.511. The first-order valence-electron chi connectivity index (χ1n) is 8.23. The van der Waals surface area contributed by atoms with Crippen molar-refractivity contribution in [1.29, 1.82) is 0 Å². The molecule has 3 N–H and O–H groups in total. The molecule has 2 rings (SSSR count). The van der Waals surface area contributed by atoms with E-state index in [4.69, 9.17) is 15.2 Å². The van der Waals surface area contributed by atoms with E-state index in [-0.39, 0.29) is 5.91 Å².